The smallest absolute Gasteiger partial charge is 0.322 e. The molecular weight excluding hydrogens is 262 g/mol. The summed E-state index contributed by atoms with van der Waals surface area (Å²) in [5.74, 6) is 0.896. The van der Waals surface area contributed by atoms with E-state index in [0.29, 0.717) is 18.4 Å². The Morgan fingerprint density at radius 3 is 2.65 bits per heavy atom. The van der Waals surface area contributed by atoms with Gasteiger partial charge in [-0.05, 0) is 6.42 Å². The number of nitrogens with one attached hydrogen (secondary N) is 1. The lowest BCUT2D eigenvalue weighted by Crippen LogP contribution is -2.33. The number of likely N-dealkylation sites (N-methyl/N-ethyl adjacent to an activating group) is 1. The molecule has 1 atom stereocenters. The average Bonchev–Trinajstić information content (AvgIpc) is 2.44. The number of rotatable bonds is 9. The van der Waals surface area contributed by atoms with Crippen LogP contribution in [0.2, 0.25) is 0 Å². The standard InChI is InChI=1S/C12H23N5O3/c1-5-6-13-10-14-11(16-12(15-10)20-4)17(2)7-9(18)8-19-3/h9,18H,5-8H2,1-4H3,(H,13,14,15,16). The SMILES string of the molecule is CCCNc1nc(OC)nc(N(C)CC(O)COC)n1. The molecule has 1 unspecified atom stereocenters. The molecule has 0 aliphatic heterocycles. The molecule has 8 heteroatoms. The Morgan fingerprint density at radius 1 is 1.30 bits per heavy atom. The second-order valence-corrected chi connectivity index (χ2v) is 4.36. The third-order valence-electron chi connectivity index (χ3n) is 2.50. The van der Waals surface area contributed by atoms with Gasteiger partial charge >= 0.3 is 6.01 Å². The summed E-state index contributed by atoms with van der Waals surface area (Å²) in [7, 11) is 4.84. The van der Waals surface area contributed by atoms with Crippen LogP contribution in [0.5, 0.6) is 6.01 Å². The molecule has 1 aromatic heterocycles. The highest BCUT2D eigenvalue weighted by molar-refractivity contribution is 5.37. The van der Waals surface area contributed by atoms with E-state index in [9.17, 15) is 5.11 Å². The molecule has 1 aromatic rings. The minimum Gasteiger partial charge on any atom is -0.467 e. The van der Waals surface area contributed by atoms with E-state index in [4.69, 9.17) is 9.47 Å². The molecule has 0 saturated heterocycles. The number of aliphatic hydroxyl groups is 1. The Kier molecular flexibility index (Phi) is 6.96. The Hall–Kier alpha value is -1.67. The van der Waals surface area contributed by atoms with E-state index in [1.165, 1.54) is 7.11 Å². The number of ether oxygens (including phenoxy) is 2. The zero-order chi connectivity index (χ0) is 15.0. The molecule has 0 bridgehead atoms. The Labute approximate surface area is 119 Å². The zero-order valence-corrected chi connectivity index (χ0v) is 12.5. The average molecular weight is 285 g/mol. The summed E-state index contributed by atoms with van der Waals surface area (Å²) >= 11 is 0. The van der Waals surface area contributed by atoms with Crippen molar-refractivity contribution >= 4 is 11.9 Å². The summed E-state index contributed by atoms with van der Waals surface area (Å²) in [5.41, 5.74) is 0. The lowest BCUT2D eigenvalue weighted by atomic mass is 10.3. The predicted molar refractivity (Wildman–Crippen MR) is 76.3 cm³/mol. The molecule has 2 N–H and O–H groups in total. The molecule has 0 aliphatic carbocycles. The van der Waals surface area contributed by atoms with Crippen LogP contribution in [0.3, 0.4) is 0 Å². The number of nitrogens with zero attached hydrogens (tertiary/aromatic N) is 4. The Balaban J connectivity index is 2.80. The van der Waals surface area contributed by atoms with Gasteiger partial charge in [0.2, 0.25) is 11.9 Å². The van der Waals surface area contributed by atoms with Gasteiger partial charge in [-0.1, -0.05) is 6.92 Å². The number of methoxy groups -OCH3 is 2. The molecule has 1 heterocycles. The van der Waals surface area contributed by atoms with E-state index >= 15 is 0 Å². The topological polar surface area (TPSA) is 92.6 Å². The summed E-state index contributed by atoms with van der Waals surface area (Å²) in [6.07, 6.45) is 0.353. The van der Waals surface area contributed by atoms with Gasteiger partial charge in [0.15, 0.2) is 0 Å². The molecule has 1 rings (SSSR count). The molecule has 0 saturated carbocycles. The van der Waals surface area contributed by atoms with Crippen molar-refractivity contribution in [3.05, 3.63) is 0 Å². The minimum atomic E-state index is -0.611. The summed E-state index contributed by atoms with van der Waals surface area (Å²) in [6.45, 7) is 3.43. The fourth-order valence-corrected chi connectivity index (χ4v) is 1.57. The summed E-state index contributed by atoms with van der Waals surface area (Å²) < 4.78 is 9.96. The summed E-state index contributed by atoms with van der Waals surface area (Å²) in [4.78, 5) is 14.3. The second kappa shape index (κ2) is 8.49. The van der Waals surface area contributed by atoms with E-state index in [1.807, 2.05) is 0 Å². The molecule has 0 radical (unpaired) electrons. The molecule has 0 spiro atoms. The van der Waals surface area contributed by atoms with Crippen molar-refractivity contribution in [3.8, 4) is 6.01 Å². The number of anilines is 2. The van der Waals surface area contributed by atoms with Crippen molar-refractivity contribution in [2.24, 2.45) is 0 Å². The van der Waals surface area contributed by atoms with Gasteiger partial charge in [-0.25, -0.2) is 0 Å². The first-order chi connectivity index (χ1) is 9.60. The van der Waals surface area contributed by atoms with Gasteiger partial charge in [-0.2, -0.15) is 15.0 Å². The van der Waals surface area contributed by atoms with Gasteiger partial charge in [0, 0.05) is 27.2 Å². The van der Waals surface area contributed by atoms with Crippen LogP contribution in [0.4, 0.5) is 11.9 Å². The van der Waals surface area contributed by atoms with Gasteiger partial charge < -0.3 is 24.8 Å². The minimum absolute atomic E-state index is 0.238. The second-order valence-electron chi connectivity index (χ2n) is 4.36. The van der Waals surface area contributed by atoms with Crippen LogP contribution in [0.25, 0.3) is 0 Å². The highest BCUT2D eigenvalue weighted by Gasteiger charge is 2.14. The van der Waals surface area contributed by atoms with Crippen molar-refractivity contribution < 1.29 is 14.6 Å². The van der Waals surface area contributed by atoms with Crippen molar-refractivity contribution in [1.29, 1.82) is 0 Å². The molecular formula is C12H23N5O3. The highest BCUT2D eigenvalue weighted by Crippen LogP contribution is 2.14. The maximum atomic E-state index is 9.73. The van der Waals surface area contributed by atoms with E-state index < -0.39 is 6.10 Å². The van der Waals surface area contributed by atoms with E-state index in [-0.39, 0.29) is 12.6 Å². The first kappa shape index (κ1) is 16.4. The van der Waals surface area contributed by atoms with Crippen LogP contribution in [0.1, 0.15) is 13.3 Å². The van der Waals surface area contributed by atoms with Crippen LogP contribution in [-0.4, -0.2) is 67.1 Å². The first-order valence-corrected chi connectivity index (χ1v) is 6.52. The fourth-order valence-electron chi connectivity index (χ4n) is 1.57. The van der Waals surface area contributed by atoms with E-state index in [2.05, 4.69) is 27.2 Å². The zero-order valence-electron chi connectivity index (χ0n) is 12.5. The Bertz CT molecular complexity index is 405. The van der Waals surface area contributed by atoms with Crippen molar-refractivity contribution in [2.75, 3.05) is 51.2 Å². The molecule has 0 fully saturated rings. The van der Waals surface area contributed by atoms with Gasteiger partial charge in [-0.3, -0.25) is 0 Å². The van der Waals surface area contributed by atoms with Crippen LogP contribution in [-0.2, 0) is 4.74 Å². The maximum absolute atomic E-state index is 9.73. The highest BCUT2D eigenvalue weighted by atomic mass is 16.5. The lowest BCUT2D eigenvalue weighted by Gasteiger charge is -2.20. The molecule has 8 nitrogen and oxygen atoms in total. The monoisotopic (exact) mass is 285 g/mol. The Morgan fingerprint density at radius 2 is 2.05 bits per heavy atom. The van der Waals surface area contributed by atoms with Crippen LogP contribution in [0, 0.1) is 0 Å². The van der Waals surface area contributed by atoms with Gasteiger partial charge in [-0.15, -0.1) is 0 Å². The molecule has 114 valence electrons. The summed E-state index contributed by atoms with van der Waals surface area (Å²) in [5, 5.41) is 12.8. The third kappa shape index (κ3) is 5.14. The van der Waals surface area contributed by atoms with E-state index in [1.54, 1.807) is 19.1 Å². The number of aromatic nitrogens is 3. The molecule has 20 heavy (non-hydrogen) atoms. The lowest BCUT2D eigenvalue weighted by molar-refractivity contribution is 0.0693. The van der Waals surface area contributed by atoms with Crippen LogP contribution in [0.15, 0.2) is 0 Å². The third-order valence-corrected chi connectivity index (χ3v) is 2.50. The van der Waals surface area contributed by atoms with Crippen molar-refractivity contribution in [3.63, 3.8) is 0 Å². The molecule has 0 aliphatic rings. The van der Waals surface area contributed by atoms with Gasteiger partial charge in [0.1, 0.15) is 0 Å². The first-order valence-electron chi connectivity index (χ1n) is 6.52. The normalized spacial score (nSPS) is 12.1. The van der Waals surface area contributed by atoms with E-state index in [0.717, 1.165) is 13.0 Å². The van der Waals surface area contributed by atoms with Crippen LogP contribution >= 0.6 is 0 Å². The largest absolute Gasteiger partial charge is 0.467 e. The van der Waals surface area contributed by atoms with Gasteiger partial charge in [0.05, 0.1) is 19.8 Å². The van der Waals surface area contributed by atoms with Crippen molar-refractivity contribution in [2.45, 2.75) is 19.4 Å². The maximum Gasteiger partial charge on any atom is 0.322 e. The number of hydrogen-bond donors (Lipinski definition) is 2. The van der Waals surface area contributed by atoms with Crippen LogP contribution < -0.4 is 15.0 Å². The van der Waals surface area contributed by atoms with Gasteiger partial charge in [0.25, 0.3) is 0 Å². The predicted octanol–water partition coefficient (Wildman–Crippen LogP) is 0.146. The quantitative estimate of drug-likeness (QED) is 0.662. The molecule has 0 amide bonds. The van der Waals surface area contributed by atoms with Crippen molar-refractivity contribution in [1.82, 2.24) is 15.0 Å². The number of hydrogen-bond acceptors (Lipinski definition) is 8. The molecule has 0 aromatic carbocycles. The fraction of sp³-hybridized carbons (Fsp3) is 0.750. The summed E-state index contributed by atoms with van der Waals surface area (Å²) in [6, 6.07) is 0.238. The number of aliphatic hydroxyl groups excluding tert-OH is 1.